The number of rotatable bonds is 5. The van der Waals surface area contributed by atoms with Gasteiger partial charge in [-0.2, -0.15) is 5.10 Å². The summed E-state index contributed by atoms with van der Waals surface area (Å²) >= 11 is 0. The Hall–Kier alpha value is -2.82. The SMILES string of the molecule is Cc1cc(/C=N/NC(=O)CNc2ccccc2)cc(C)c1O. The largest absolute Gasteiger partial charge is 0.507 e. The molecule has 2 rings (SSSR count). The maximum atomic E-state index is 11.7. The van der Waals surface area contributed by atoms with E-state index in [2.05, 4.69) is 15.8 Å². The first kappa shape index (κ1) is 15.6. The maximum absolute atomic E-state index is 11.7. The number of nitrogens with one attached hydrogen (secondary N) is 2. The summed E-state index contributed by atoms with van der Waals surface area (Å²) in [5, 5.41) is 16.6. The average molecular weight is 297 g/mol. The fraction of sp³-hybridized carbons (Fsp3) is 0.176. The summed E-state index contributed by atoms with van der Waals surface area (Å²) < 4.78 is 0. The van der Waals surface area contributed by atoms with E-state index in [9.17, 15) is 9.90 Å². The van der Waals surface area contributed by atoms with Gasteiger partial charge in [0.05, 0.1) is 12.8 Å². The van der Waals surface area contributed by atoms with Gasteiger partial charge in [-0.25, -0.2) is 5.43 Å². The van der Waals surface area contributed by atoms with Crippen LogP contribution in [0.3, 0.4) is 0 Å². The van der Waals surface area contributed by atoms with E-state index >= 15 is 0 Å². The van der Waals surface area contributed by atoms with Crippen molar-refractivity contribution < 1.29 is 9.90 Å². The molecule has 0 bridgehead atoms. The van der Waals surface area contributed by atoms with Crippen LogP contribution in [-0.2, 0) is 4.79 Å². The summed E-state index contributed by atoms with van der Waals surface area (Å²) in [6.45, 7) is 3.79. The van der Waals surface area contributed by atoms with Gasteiger partial charge in [-0.1, -0.05) is 18.2 Å². The van der Waals surface area contributed by atoms with Gasteiger partial charge in [-0.15, -0.1) is 0 Å². The zero-order valence-electron chi connectivity index (χ0n) is 12.6. The van der Waals surface area contributed by atoms with Gasteiger partial charge in [0, 0.05) is 5.69 Å². The quantitative estimate of drug-likeness (QED) is 0.586. The van der Waals surface area contributed by atoms with Gasteiger partial charge < -0.3 is 10.4 Å². The Labute approximate surface area is 129 Å². The molecule has 0 aliphatic rings. The second-order valence-electron chi connectivity index (χ2n) is 5.02. The minimum atomic E-state index is -0.229. The molecule has 0 fully saturated rings. The predicted octanol–water partition coefficient (Wildman–Crippen LogP) is 2.57. The molecule has 0 aliphatic carbocycles. The lowest BCUT2D eigenvalue weighted by Gasteiger charge is -2.05. The molecule has 2 aromatic rings. The van der Waals surface area contributed by atoms with Gasteiger partial charge in [-0.05, 0) is 54.8 Å². The van der Waals surface area contributed by atoms with Crippen molar-refractivity contribution in [2.75, 3.05) is 11.9 Å². The molecular formula is C17H19N3O2. The van der Waals surface area contributed by atoms with E-state index in [0.717, 1.165) is 22.4 Å². The topological polar surface area (TPSA) is 73.7 Å². The van der Waals surface area contributed by atoms with Gasteiger partial charge in [0.25, 0.3) is 5.91 Å². The number of aryl methyl sites for hydroxylation is 2. The Morgan fingerprint density at radius 1 is 1.18 bits per heavy atom. The maximum Gasteiger partial charge on any atom is 0.259 e. The number of carbonyl (C=O) groups excluding carboxylic acids is 1. The molecule has 0 saturated carbocycles. The fourth-order valence-electron chi connectivity index (χ4n) is 2.02. The zero-order valence-corrected chi connectivity index (χ0v) is 12.6. The molecule has 0 spiro atoms. The highest BCUT2D eigenvalue weighted by molar-refractivity contribution is 5.84. The second-order valence-corrected chi connectivity index (χ2v) is 5.02. The van der Waals surface area contributed by atoms with Crippen LogP contribution in [0.4, 0.5) is 5.69 Å². The number of hydrogen-bond acceptors (Lipinski definition) is 4. The van der Waals surface area contributed by atoms with Crippen molar-refractivity contribution in [3.63, 3.8) is 0 Å². The average Bonchev–Trinajstić information content (AvgIpc) is 2.51. The molecule has 0 saturated heterocycles. The van der Waals surface area contributed by atoms with Crippen molar-refractivity contribution in [2.45, 2.75) is 13.8 Å². The lowest BCUT2D eigenvalue weighted by molar-refractivity contribution is -0.119. The third kappa shape index (κ3) is 4.34. The standard InChI is InChI=1S/C17H19N3O2/c1-12-8-14(9-13(2)17(12)22)10-19-20-16(21)11-18-15-6-4-3-5-7-15/h3-10,18,22H,11H2,1-2H3,(H,20,21)/b19-10+. The molecule has 0 unspecified atom stereocenters. The first-order valence-corrected chi connectivity index (χ1v) is 6.97. The normalized spacial score (nSPS) is 10.6. The molecule has 3 N–H and O–H groups in total. The third-order valence-corrected chi connectivity index (χ3v) is 3.14. The summed E-state index contributed by atoms with van der Waals surface area (Å²) in [4.78, 5) is 11.7. The number of amides is 1. The summed E-state index contributed by atoms with van der Waals surface area (Å²) in [5.74, 6) is 0.0561. The number of para-hydroxylation sites is 1. The second kappa shape index (κ2) is 7.26. The van der Waals surface area contributed by atoms with Crippen molar-refractivity contribution >= 4 is 17.8 Å². The monoisotopic (exact) mass is 297 g/mol. The Bertz CT molecular complexity index is 659. The van der Waals surface area contributed by atoms with Gasteiger partial charge in [0.2, 0.25) is 0 Å². The highest BCUT2D eigenvalue weighted by atomic mass is 16.3. The third-order valence-electron chi connectivity index (χ3n) is 3.14. The van der Waals surface area contributed by atoms with Gasteiger partial charge in [-0.3, -0.25) is 4.79 Å². The van der Waals surface area contributed by atoms with Crippen LogP contribution in [0.15, 0.2) is 47.6 Å². The van der Waals surface area contributed by atoms with E-state index in [1.165, 1.54) is 0 Å². The van der Waals surface area contributed by atoms with Crippen LogP contribution in [0.1, 0.15) is 16.7 Å². The van der Waals surface area contributed by atoms with Crippen LogP contribution < -0.4 is 10.7 Å². The van der Waals surface area contributed by atoms with Crippen molar-refractivity contribution in [2.24, 2.45) is 5.10 Å². The van der Waals surface area contributed by atoms with Crippen LogP contribution in [0.25, 0.3) is 0 Å². The Morgan fingerprint density at radius 2 is 1.82 bits per heavy atom. The predicted molar refractivity (Wildman–Crippen MR) is 88.2 cm³/mol. The first-order valence-electron chi connectivity index (χ1n) is 6.97. The van der Waals surface area contributed by atoms with E-state index in [-0.39, 0.29) is 18.2 Å². The summed E-state index contributed by atoms with van der Waals surface area (Å²) in [6, 6.07) is 13.1. The van der Waals surface area contributed by atoms with E-state index in [0.29, 0.717) is 0 Å². The van der Waals surface area contributed by atoms with E-state index in [4.69, 9.17) is 0 Å². The Morgan fingerprint density at radius 3 is 2.45 bits per heavy atom. The van der Waals surface area contributed by atoms with Crippen LogP contribution >= 0.6 is 0 Å². The van der Waals surface area contributed by atoms with E-state index in [1.54, 1.807) is 18.3 Å². The number of phenols is 1. The molecule has 1 amide bonds. The number of aromatic hydroxyl groups is 1. The van der Waals surface area contributed by atoms with E-state index in [1.807, 2.05) is 44.2 Å². The number of nitrogens with zero attached hydrogens (tertiary/aromatic N) is 1. The molecule has 5 nitrogen and oxygen atoms in total. The van der Waals surface area contributed by atoms with Gasteiger partial charge in [0.1, 0.15) is 5.75 Å². The number of hydrogen-bond donors (Lipinski definition) is 3. The number of hydrazone groups is 1. The highest BCUT2D eigenvalue weighted by Crippen LogP contribution is 2.21. The van der Waals surface area contributed by atoms with Crippen LogP contribution in [0.5, 0.6) is 5.75 Å². The van der Waals surface area contributed by atoms with Crippen LogP contribution in [0, 0.1) is 13.8 Å². The molecule has 22 heavy (non-hydrogen) atoms. The van der Waals surface area contributed by atoms with Crippen molar-refractivity contribution in [1.82, 2.24) is 5.43 Å². The molecular weight excluding hydrogens is 278 g/mol. The molecule has 2 aromatic carbocycles. The Balaban J connectivity index is 1.85. The van der Waals surface area contributed by atoms with Crippen molar-refractivity contribution in [3.05, 3.63) is 59.2 Å². The number of anilines is 1. The summed E-state index contributed by atoms with van der Waals surface area (Å²) in [7, 11) is 0. The lowest BCUT2D eigenvalue weighted by atomic mass is 10.1. The minimum absolute atomic E-state index is 0.148. The van der Waals surface area contributed by atoms with E-state index < -0.39 is 0 Å². The number of carbonyl (C=O) groups is 1. The fourth-order valence-corrected chi connectivity index (χ4v) is 2.02. The van der Waals surface area contributed by atoms with Crippen molar-refractivity contribution in [1.29, 1.82) is 0 Å². The number of phenolic OH excluding ortho intramolecular Hbond substituents is 1. The van der Waals surface area contributed by atoms with Crippen molar-refractivity contribution in [3.8, 4) is 5.75 Å². The smallest absolute Gasteiger partial charge is 0.259 e. The van der Waals surface area contributed by atoms with Crippen LogP contribution in [-0.4, -0.2) is 23.8 Å². The highest BCUT2D eigenvalue weighted by Gasteiger charge is 2.02. The van der Waals surface area contributed by atoms with Gasteiger partial charge >= 0.3 is 0 Å². The number of benzene rings is 2. The van der Waals surface area contributed by atoms with Gasteiger partial charge in [0.15, 0.2) is 0 Å². The molecule has 0 aromatic heterocycles. The molecule has 114 valence electrons. The Kier molecular flexibility index (Phi) is 5.14. The molecule has 5 heteroatoms. The minimum Gasteiger partial charge on any atom is -0.507 e. The summed E-state index contributed by atoms with van der Waals surface area (Å²) in [5.41, 5.74) is 5.72. The lowest BCUT2D eigenvalue weighted by Crippen LogP contribution is -2.25. The van der Waals surface area contributed by atoms with Crippen LogP contribution in [0.2, 0.25) is 0 Å². The summed E-state index contributed by atoms with van der Waals surface area (Å²) in [6.07, 6.45) is 1.56. The molecule has 0 aliphatic heterocycles. The molecule has 0 radical (unpaired) electrons. The first-order chi connectivity index (χ1) is 10.6. The zero-order chi connectivity index (χ0) is 15.9. The molecule has 0 atom stereocenters. The molecule has 0 heterocycles.